The summed E-state index contributed by atoms with van der Waals surface area (Å²) in [6.45, 7) is 10.4. The Balaban J connectivity index is 1.98. The highest BCUT2D eigenvalue weighted by molar-refractivity contribution is 5.73. The lowest BCUT2D eigenvalue weighted by atomic mass is 9.65. The standard InChI is InChI=1S/C20H28O3/c1-14(2)16-10-11-20(3,4)12-17(16)19(22)23-13-18(21)15-8-6-5-7-9-15/h5-9,16-18,21H,1,10-13H2,2-4H3. The Morgan fingerprint density at radius 1 is 1.35 bits per heavy atom. The normalized spacial score (nSPS) is 24.7. The zero-order valence-corrected chi connectivity index (χ0v) is 14.4. The predicted molar refractivity (Wildman–Crippen MR) is 91.8 cm³/mol. The summed E-state index contributed by atoms with van der Waals surface area (Å²) in [7, 11) is 0. The zero-order valence-electron chi connectivity index (χ0n) is 14.4. The minimum atomic E-state index is -0.778. The van der Waals surface area contributed by atoms with Crippen LogP contribution < -0.4 is 0 Å². The monoisotopic (exact) mass is 316 g/mol. The van der Waals surface area contributed by atoms with Crippen LogP contribution in [0.4, 0.5) is 0 Å². The number of rotatable bonds is 5. The molecule has 2 rings (SSSR count). The van der Waals surface area contributed by atoms with E-state index in [2.05, 4.69) is 20.4 Å². The second kappa shape index (κ2) is 7.31. The first-order valence-corrected chi connectivity index (χ1v) is 8.35. The number of esters is 1. The Labute approximate surface area is 139 Å². The van der Waals surface area contributed by atoms with E-state index in [-0.39, 0.29) is 29.8 Å². The highest BCUT2D eigenvalue weighted by Gasteiger charge is 2.40. The Kier molecular flexibility index (Phi) is 5.64. The number of carbonyl (C=O) groups excluding carboxylic acids is 1. The summed E-state index contributed by atoms with van der Waals surface area (Å²) < 4.78 is 5.44. The second-order valence-electron chi connectivity index (χ2n) is 7.52. The average Bonchev–Trinajstić information content (AvgIpc) is 2.51. The van der Waals surface area contributed by atoms with Crippen LogP contribution in [0.3, 0.4) is 0 Å². The van der Waals surface area contributed by atoms with Gasteiger partial charge in [-0.2, -0.15) is 0 Å². The minimum absolute atomic E-state index is 0.00266. The highest BCUT2D eigenvalue weighted by atomic mass is 16.5. The van der Waals surface area contributed by atoms with Gasteiger partial charge in [-0.3, -0.25) is 4.79 Å². The molecule has 0 aromatic heterocycles. The predicted octanol–water partition coefficient (Wildman–Crippen LogP) is 4.28. The number of benzene rings is 1. The summed E-state index contributed by atoms with van der Waals surface area (Å²) in [6.07, 6.45) is 2.11. The minimum Gasteiger partial charge on any atom is -0.462 e. The Bertz CT molecular complexity index is 547. The fourth-order valence-electron chi connectivity index (χ4n) is 3.46. The van der Waals surface area contributed by atoms with Crippen molar-refractivity contribution in [1.82, 2.24) is 0 Å². The maximum Gasteiger partial charge on any atom is 0.309 e. The van der Waals surface area contributed by atoms with Gasteiger partial charge in [-0.05, 0) is 43.1 Å². The molecule has 126 valence electrons. The molecule has 3 unspecified atom stereocenters. The maximum atomic E-state index is 12.6. The van der Waals surface area contributed by atoms with Gasteiger partial charge in [0.15, 0.2) is 0 Å². The SMILES string of the molecule is C=C(C)C1CCC(C)(C)CC1C(=O)OCC(O)c1ccccc1. The number of ether oxygens (including phenoxy) is 1. The van der Waals surface area contributed by atoms with Gasteiger partial charge in [0.2, 0.25) is 0 Å². The summed E-state index contributed by atoms with van der Waals surface area (Å²) >= 11 is 0. The molecule has 0 heterocycles. The van der Waals surface area contributed by atoms with Crippen LogP contribution in [-0.2, 0) is 9.53 Å². The maximum absolute atomic E-state index is 12.6. The summed E-state index contributed by atoms with van der Waals surface area (Å²) in [5, 5.41) is 10.2. The lowest BCUT2D eigenvalue weighted by molar-refractivity contribution is -0.156. The molecular weight excluding hydrogens is 288 g/mol. The molecule has 1 aromatic rings. The third-order valence-electron chi connectivity index (χ3n) is 4.89. The molecule has 1 fully saturated rings. The first-order chi connectivity index (χ1) is 10.8. The van der Waals surface area contributed by atoms with E-state index in [4.69, 9.17) is 4.74 Å². The van der Waals surface area contributed by atoms with Gasteiger partial charge in [0.05, 0.1) is 5.92 Å². The number of allylic oxidation sites excluding steroid dienone is 1. The molecule has 0 aliphatic heterocycles. The van der Waals surface area contributed by atoms with Gasteiger partial charge in [0.25, 0.3) is 0 Å². The molecule has 1 aliphatic carbocycles. The van der Waals surface area contributed by atoms with Gasteiger partial charge in [-0.1, -0.05) is 56.3 Å². The summed E-state index contributed by atoms with van der Waals surface area (Å²) in [5.74, 6) is -0.177. The number of aliphatic hydroxyl groups excluding tert-OH is 1. The fourth-order valence-corrected chi connectivity index (χ4v) is 3.46. The molecular formula is C20H28O3. The molecule has 3 nitrogen and oxygen atoms in total. The van der Waals surface area contributed by atoms with Crippen LogP contribution in [0.5, 0.6) is 0 Å². The molecule has 0 spiro atoms. The van der Waals surface area contributed by atoms with E-state index in [0.717, 1.165) is 30.4 Å². The first kappa shape index (κ1) is 17.7. The van der Waals surface area contributed by atoms with Gasteiger partial charge in [-0.25, -0.2) is 0 Å². The van der Waals surface area contributed by atoms with E-state index in [0.29, 0.717) is 0 Å². The second-order valence-corrected chi connectivity index (χ2v) is 7.52. The number of carbonyl (C=O) groups is 1. The highest BCUT2D eigenvalue weighted by Crippen LogP contribution is 2.44. The molecule has 1 aromatic carbocycles. The van der Waals surface area contributed by atoms with E-state index in [9.17, 15) is 9.90 Å². The molecule has 3 atom stereocenters. The topological polar surface area (TPSA) is 46.5 Å². The number of hydrogen-bond acceptors (Lipinski definition) is 3. The largest absolute Gasteiger partial charge is 0.462 e. The molecule has 0 radical (unpaired) electrons. The van der Waals surface area contributed by atoms with Crippen molar-refractivity contribution in [1.29, 1.82) is 0 Å². The van der Waals surface area contributed by atoms with Crippen LogP contribution in [0.2, 0.25) is 0 Å². The van der Waals surface area contributed by atoms with E-state index >= 15 is 0 Å². The Morgan fingerprint density at radius 2 is 2.00 bits per heavy atom. The Morgan fingerprint density at radius 3 is 2.61 bits per heavy atom. The molecule has 1 N–H and O–H groups in total. The van der Waals surface area contributed by atoms with Crippen molar-refractivity contribution in [2.75, 3.05) is 6.61 Å². The van der Waals surface area contributed by atoms with Gasteiger partial charge in [-0.15, -0.1) is 0 Å². The van der Waals surface area contributed by atoms with Crippen molar-refractivity contribution in [3.05, 3.63) is 48.0 Å². The van der Waals surface area contributed by atoms with Gasteiger partial charge in [0.1, 0.15) is 12.7 Å². The fraction of sp³-hybridized carbons (Fsp3) is 0.550. The third kappa shape index (κ3) is 4.68. The molecule has 1 saturated carbocycles. The van der Waals surface area contributed by atoms with Gasteiger partial charge in [0, 0.05) is 0 Å². The van der Waals surface area contributed by atoms with Crippen molar-refractivity contribution < 1.29 is 14.6 Å². The van der Waals surface area contributed by atoms with Gasteiger partial charge < -0.3 is 9.84 Å². The molecule has 0 amide bonds. The van der Waals surface area contributed by atoms with Crippen molar-refractivity contribution in [2.45, 2.75) is 46.1 Å². The smallest absolute Gasteiger partial charge is 0.309 e. The van der Waals surface area contributed by atoms with E-state index in [1.807, 2.05) is 37.3 Å². The van der Waals surface area contributed by atoms with Crippen LogP contribution in [0.25, 0.3) is 0 Å². The molecule has 0 bridgehead atoms. The van der Waals surface area contributed by atoms with Crippen molar-refractivity contribution in [2.24, 2.45) is 17.3 Å². The third-order valence-corrected chi connectivity index (χ3v) is 4.89. The van der Waals surface area contributed by atoms with Crippen LogP contribution in [0.1, 0.15) is 51.7 Å². The molecule has 3 heteroatoms. The van der Waals surface area contributed by atoms with Crippen LogP contribution >= 0.6 is 0 Å². The van der Waals surface area contributed by atoms with Crippen LogP contribution in [-0.4, -0.2) is 17.7 Å². The van der Waals surface area contributed by atoms with Crippen LogP contribution in [0, 0.1) is 17.3 Å². The zero-order chi connectivity index (χ0) is 17.0. The first-order valence-electron chi connectivity index (χ1n) is 8.35. The number of hydrogen-bond donors (Lipinski definition) is 1. The lowest BCUT2D eigenvalue weighted by Gasteiger charge is -2.39. The lowest BCUT2D eigenvalue weighted by Crippen LogP contribution is -2.36. The molecule has 23 heavy (non-hydrogen) atoms. The number of aliphatic hydroxyl groups is 1. The van der Waals surface area contributed by atoms with E-state index in [1.165, 1.54) is 0 Å². The van der Waals surface area contributed by atoms with Crippen molar-refractivity contribution >= 4 is 5.97 Å². The average molecular weight is 316 g/mol. The molecule has 1 aliphatic rings. The summed E-state index contributed by atoms with van der Waals surface area (Å²) in [6, 6.07) is 9.28. The summed E-state index contributed by atoms with van der Waals surface area (Å²) in [5.41, 5.74) is 1.96. The van der Waals surface area contributed by atoms with Crippen molar-refractivity contribution in [3.63, 3.8) is 0 Å². The van der Waals surface area contributed by atoms with Gasteiger partial charge >= 0.3 is 5.97 Å². The molecule has 0 saturated heterocycles. The summed E-state index contributed by atoms with van der Waals surface area (Å²) in [4.78, 5) is 12.6. The van der Waals surface area contributed by atoms with Crippen molar-refractivity contribution in [3.8, 4) is 0 Å². The Hall–Kier alpha value is -1.61. The van der Waals surface area contributed by atoms with Crippen LogP contribution in [0.15, 0.2) is 42.5 Å². The van der Waals surface area contributed by atoms with E-state index < -0.39 is 6.10 Å². The quantitative estimate of drug-likeness (QED) is 0.651. The van der Waals surface area contributed by atoms with E-state index in [1.54, 1.807) is 0 Å².